The smallest absolute Gasteiger partial charge is 0.330 e. The van der Waals surface area contributed by atoms with Gasteiger partial charge in [-0.1, -0.05) is 62.8 Å². The van der Waals surface area contributed by atoms with Crippen LogP contribution in [0.4, 0.5) is 0 Å². The van der Waals surface area contributed by atoms with Crippen LogP contribution in [0.25, 0.3) is 0 Å². The van der Waals surface area contributed by atoms with Crippen LogP contribution in [0, 0.1) is 11.8 Å². The van der Waals surface area contributed by atoms with E-state index < -0.39 is 0 Å². The zero-order chi connectivity index (χ0) is 17.7. The number of rotatable bonds is 11. The molecule has 2 nitrogen and oxygen atoms in total. The number of carbonyl (C=O) groups excluding carboxylic acids is 1. The van der Waals surface area contributed by atoms with Crippen molar-refractivity contribution < 1.29 is 9.53 Å². The van der Waals surface area contributed by atoms with Crippen LogP contribution in [0.5, 0.6) is 0 Å². The van der Waals surface area contributed by atoms with E-state index in [1.54, 1.807) is 6.08 Å². The molecule has 0 aromatic rings. The third-order valence-electron chi connectivity index (χ3n) is 3.53. The maximum atomic E-state index is 11.2. The van der Waals surface area contributed by atoms with E-state index in [9.17, 15) is 4.79 Å². The molecule has 0 aromatic carbocycles. The predicted molar refractivity (Wildman–Crippen MR) is 100 cm³/mol. The molecule has 0 rings (SSSR count). The highest BCUT2D eigenvalue weighted by molar-refractivity contribution is 5.82. The fourth-order valence-corrected chi connectivity index (χ4v) is 2.43. The quantitative estimate of drug-likeness (QED) is 0.202. The van der Waals surface area contributed by atoms with E-state index in [-0.39, 0.29) is 5.97 Å². The standard InChI is InChI=1S/C21H34O2/c1-17(2)12-10-8-7-9-11-13-18(3)14-19(4)15-20(5)16-21(22)23-6/h7-10,16-17,19H,3,11-15H2,1-2,4-6H3/b9-7+,10-8+,20-16+/t19-/m1/s1. The van der Waals surface area contributed by atoms with Crippen molar-refractivity contribution in [3.05, 3.63) is 48.1 Å². The molecule has 0 radical (unpaired) electrons. The molecule has 0 aliphatic rings. The number of ether oxygens (including phenoxy) is 1. The fourth-order valence-electron chi connectivity index (χ4n) is 2.43. The van der Waals surface area contributed by atoms with Crippen LogP contribution in [0.1, 0.15) is 59.8 Å². The third-order valence-corrected chi connectivity index (χ3v) is 3.53. The lowest BCUT2D eigenvalue weighted by molar-refractivity contribution is -0.134. The normalized spacial score (nSPS) is 13.9. The van der Waals surface area contributed by atoms with E-state index in [1.165, 1.54) is 12.7 Å². The summed E-state index contributed by atoms with van der Waals surface area (Å²) in [6.07, 6.45) is 15.4. The topological polar surface area (TPSA) is 26.3 Å². The Hall–Kier alpha value is -1.57. The van der Waals surface area contributed by atoms with Crippen LogP contribution >= 0.6 is 0 Å². The zero-order valence-corrected chi connectivity index (χ0v) is 15.6. The van der Waals surface area contributed by atoms with Crippen molar-refractivity contribution in [3.8, 4) is 0 Å². The van der Waals surface area contributed by atoms with Gasteiger partial charge in [0.1, 0.15) is 0 Å². The predicted octanol–water partition coefficient (Wildman–Crippen LogP) is 6.02. The van der Waals surface area contributed by atoms with Gasteiger partial charge in [-0.3, -0.25) is 0 Å². The van der Waals surface area contributed by atoms with E-state index in [0.29, 0.717) is 5.92 Å². The Bertz CT molecular complexity index is 439. The van der Waals surface area contributed by atoms with Crippen molar-refractivity contribution in [2.24, 2.45) is 11.8 Å². The molecule has 0 heterocycles. The van der Waals surface area contributed by atoms with Crippen LogP contribution in [0.2, 0.25) is 0 Å². The van der Waals surface area contributed by atoms with Gasteiger partial charge in [0.25, 0.3) is 0 Å². The number of methoxy groups -OCH3 is 1. The molecule has 23 heavy (non-hydrogen) atoms. The lowest BCUT2D eigenvalue weighted by Crippen LogP contribution is -2.01. The molecule has 0 saturated carbocycles. The first-order chi connectivity index (χ1) is 10.8. The second kappa shape index (κ2) is 12.9. The Balaban J connectivity index is 3.97. The first-order valence-corrected chi connectivity index (χ1v) is 8.58. The summed E-state index contributed by atoms with van der Waals surface area (Å²) in [7, 11) is 1.41. The minimum atomic E-state index is -0.274. The van der Waals surface area contributed by atoms with Gasteiger partial charge in [-0.05, 0) is 50.9 Å². The molecule has 0 aliphatic heterocycles. The first-order valence-electron chi connectivity index (χ1n) is 8.58. The van der Waals surface area contributed by atoms with E-state index in [1.807, 2.05) is 6.92 Å². The second-order valence-corrected chi connectivity index (χ2v) is 6.80. The molecule has 0 bridgehead atoms. The van der Waals surface area contributed by atoms with Crippen LogP contribution < -0.4 is 0 Å². The molecular weight excluding hydrogens is 284 g/mol. The number of hydrogen-bond acceptors (Lipinski definition) is 2. The second-order valence-electron chi connectivity index (χ2n) is 6.80. The minimum Gasteiger partial charge on any atom is -0.466 e. The summed E-state index contributed by atoms with van der Waals surface area (Å²) < 4.78 is 4.64. The Morgan fingerprint density at radius 1 is 1.13 bits per heavy atom. The van der Waals surface area contributed by atoms with Crippen LogP contribution in [-0.4, -0.2) is 13.1 Å². The molecular formula is C21H34O2. The van der Waals surface area contributed by atoms with Crippen molar-refractivity contribution in [2.75, 3.05) is 7.11 Å². The van der Waals surface area contributed by atoms with Crippen LogP contribution in [0.3, 0.4) is 0 Å². The van der Waals surface area contributed by atoms with Crippen molar-refractivity contribution in [3.63, 3.8) is 0 Å². The molecule has 0 N–H and O–H groups in total. The number of esters is 1. The Kier molecular flexibility index (Phi) is 12.0. The van der Waals surface area contributed by atoms with E-state index in [0.717, 1.165) is 43.6 Å². The zero-order valence-electron chi connectivity index (χ0n) is 15.6. The van der Waals surface area contributed by atoms with Gasteiger partial charge in [-0.25, -0.2) is 4.79 Å². The van der Waals surface area contributed by atoms with E-state index in [2.05, 4.69) is 56.4 Å². The van der Waals surface area contributed by atoms with Crippen LogP contribution in [-0.2, 0) is 9.53 Å². The summed E-state index contributed by atoms with van der Waals surface area (Å²) in [5.41, 5.74) is 2.34. The van der Waals surface area contributed by atoms with Gasteiger partial charge in [-0.2, -0.15) is 0 Å². The molecule has 1 atom stereocenters. The molecule has 130 valence electrons. The van der Waals surface area contributed by atoms with E-state index in [4.69, 9.17) is 0 Å². The van der Waals surface area contributed by atoms with Crippen molar-refractivity contribution in [1.82, 2.24) is 0 Å². The minimum absolute atomic E-state index is 0.274. The van der Waals surface area contributed by atoms with Gasteiger partial charge in [0.2, 0.25) is 0 Å². The lowest BCUT2D eigenvalue weighted by Gasteiger charge is -2.13. The van der Waals surface area contributed by atoms with Gasteiger partial charge in [0, 0.05) is 6.08 Å². The summed E-state index contributed by atoms with van der Waals surface area (Å²) in [6.45, 7) is 12.8. The Morgan fingerprint density at radius 3 is 2.39 bits per heavy atom. The van der Waals surface area contributed by atoms with Crippen molar-refractivity contribution in [1.29, 1.82) is 0 Å². The number of hydrogen-bond donors (Lipinski definition) is 0. The summed E-state index contributed by atoms with van der Waals surface area (Å²) >= 11 is 0. The van der Waals surface area contributed by atoms with Crippen molar-refractivity contribution in [2.45, 2.75) is 59.8 Å². The third kappa shape index (κ3) is 13.8. The molecule has 0 spiro atoms. The largest absolute Gasteiger partial charge is 0.466 e. The lowest BCUT2D eigenvalue weighted by atomic mass is 9.93. The molecule has 0 fully saturated rings. The van der Waals surface area contributed by atoms with Gasteiger partial charge < -0.3 is 4.74 Å². The van der Waals surface area contributed by atoms with Gasteiger partial charge in [0.15, 0.2) is 0 Å². The summed E-state index contributed by atoms with van der Waals surface area (Å²) in [5, 5.41) is 0. The summed E-state index contributed by atoms with van der Waals surface area (Å²) in [4.78, 5) is 11.2. The maximum Gasteiger partial charge on any atom is 0.330 e. The molecule has 0 amide bonds. The highest BCUT2D eigenvalue weighted by Crippen LogP contribution is 2.21. The monoisotopic (exact) mass is 318 g/mol. The SMILES string of the molecule is C=C(CC/C=C/C=C/CC(C)C)C[C@@H](C)C/C(C)=C/C(=O)OC. The van der Waals surface area contributed by atoms with Crippen LogP contribution in [0.15, 0.2) is 48.1 Å². The first kappa shape index (κ1) is 21.4. The fraction of sp³-hybridized carbons (Fsp3) is 0.571. The number of carbonyl (C=O) groups is 1. The molecule has 2 heteroatoms. The van der Waals surface area contributed by atoms with E-state index >= 15 is 0 Å². The summed E-state index contributed by atoms with van der Waals surface area (Å²) in [5.74, 6) is 0.945. The molecule has 0 saturated heterocycles. The number of allylic oxidation sites excluding steroid dienone is 6. The van der Waals surface area contributed by atoms with Gasteiger partial charge in [-0.15, -0.1) is 0 Å². The van der Waals surface area contributed by atoms with Gasteiger partial charge >= 0.3 is 5.97 Å². The molecule has 0 unspecified atom stereocenters. The Labute approximate surface area is 143 Å². The molecule has 0 aromatic heterocycles. The highest BCUT2D eigenvalue weighted by atomic mass is 16.5. The maximum absolute atomic E-state index is 11.2. The Morgan fingerprint density at radius 2 is 1.78 bits per heavy atom. The van der Waals surface area contributed by atoms with Crippen molar-refractivity contribution >= 4 is 5.97 Å². The average Bonchev–Trinajstić information content (AvgIpc) is 2.45. The molecule has 0 aliphatic carbocycles. The average molecular weight is 319 g/mol. The van der Waals surface area contributed by atoms with Gasteiger partial charge in [0.05, 0.1) is 7.11 Å². The highest BCUT2D eigenvalue weighted by Gasteiger charge is 2.06. The summed E-state index contributed by atoms with van der Waals surface area (Å²) in [6, 6.07) is 0.